The first-order chi connectivity index (χ1) is 5.75. The van der Waals surface area contributed by atoms with Crippen LogP contribution in [0.2, 0.25) is 0 Å². The molecule has 0 aliphatic heterocycles. The van der Waals surface area contributed by atoms with Gasteiger partial charge in [-0.3, -0.25) is 0 Å². The van der Waals surface area contributed by atoms with Gasteiger partial charge in [-0.15, -0.1) is 0 Å². The van der Waals surface area contributed by atoms with Crippen LogP contribution in [0, 0.1) is 0 Å². The van der Waals surface area contributed by atoms with E-state index in [0.29, 0.717) is 0 Å². The van der Waals surface area contributed by atoms with Gasteiger partial charge in [0.2, 0.25) is 0 Å². The topological polar surface area (TPSA) is 0 Å². The summed E-state index contributed by atoms with van der Waals surface area (Å²) in [6.07, 6.45) is -6.40. The van der Waals surface area contributed by atoms with E-state index < -0.39 is 20.6 Å². The van der Waals surface area contributed by atoms with Crippen molar-refractivity contribution in [3.8, 4) is 0 Å². The molecule has 0 saturated carbocycles. The van der Waals surface area contributed by atoms with E-state index in [9.17, 15) is 35.1 Å². The van der Waals surface area contributed by atoms with Crippen LogP contribution in [0.15, 0.2) is 0 Å². The van der Waals surface area contributed by atoms with Crippen molar-refractivity contribution in [3.05, 3.63) is 0 Å². The first kappa shape index (κ1) is 14.6. The van der Waals surface area contributed by atoms with Gasteiger partial charge in [-0.25, -0.2) is 4.39 Å². The van der Waals surface area contributed by atoms with E-state index in [4.69, 9.17) is 0 Å². The van der Waals surface area contributed by atoms with Crippen LogP contribution >= 0.6 is 38.5 Å². The third kappa shape index (κ3) is 2.25. The third-order valence-electron chi connectivity index (χ3n) is 1.11. The van der Waals surface area contributed by atoms with Gasteiger partial charge in [-0.1, -0.05) is 0 Å². The summed E-state index contributed by atoms with van der Waals surface area (Å²) in [6.45, 7) is 0. The second-order valence-electron chi connectivity index (χ2n) is 2.14. The van der Waals surface area contributed by atoms with Crippen molar-refractivity contribution < 1.29 is 35.1 Å². The highest BCUT2D eigenvalue weighted by Gasteiger charge is 2.78. The monoisotopic (exact) mass is 406 g/mol. The standard InChI is InChI=1S/C4BrF8I/c5-1(6,4(12,13)14)2(7,8)3(9,10)11. The third-order valence-corrected chi connectivity index (χ3v) is 3.59. The molecule has 0 bridgehead atoms. The second kappa shape index (κ2) is 3.59. The van der Waals surface area contributed by atoms with E-state index in [0.717, 1.165) is 15.9 Å². The van der Waals surface area contributed by atoms with Gasteiger partial charge in [0.15, 0.2) is 0 Å². The average molecular weight is 407 g/mol. The Morgan fingerprint density at radius 2 is 1.07 bits per heavy atom. The van der Waals surface area contributed by atoms with Crippen LogP contribution in [0.4, 0.5) is 35.1 Å². The van der Waals surface area contributed by atoms with E-state index in [-0.39, 0.29) is 22.6 Å². The van der Waals surface area contributed by atoms with Gasteiger partial charge in [0.25, 0.3) is 0 Å². The van der Waals surface area contributed by atoms with E-state index in [1.54, 1.807) is 0 Å². The number of hydrogen-bond acceptors (Lipinski definition) is 0. The van der Waals surface area contributed by atoms with Gasteiger partial charge >= 0.3 is 20.6 Å². The molecule has 0 aromatic carbocycles. The van der Waals surface area contributed by atoms with E-state index in [2.05, 4.69) is 0 Å². The number of alkyl halides is 10. The molecule has 0 amide bonds. The Bertz CT molecular complexity index is 190. The minimum absolute atomic E-state index is 0.151. The molecular formula is C4BrF8I. The molecule has 0 rings (SSSR count). The molecule has 86 valence electrons. The van der Waals surface area contributed by atoms with Gasteiger partial charge in [0.1, 0.15) is 0 Å². The Labute approximate surface area is 94.3 Å². The van der Waals surface area contributed by atoms with E-state index >= 15 is 0 Å². The van der Waals surface area contributed by atoms with Crippen LogP contribution < -0.4 is 0 Å². The van der Waals surface area contributed by atoms with E-state index in [1.165, 1.54) is 0 Å². The lowest BCUT2D eigenvalue weighted by atomic mass is 10.2. The smallest absolute Gasteiger partial charge is 0.216 e. The molecule has 0 aromatic rings. The van der Waals surface area contributed by atoms with Crippen molar-refractivity contribution in [1.29, 1.82) is 0 Å². The van der Waals surface area contributed by atoms with Crippen LogP contribution in [-0.4, -0.2) is 20.6 Å². The van der Waals surface area contributed by atoms with Crippen LogP contribution in [0.1, 0.15) is 0 Å². The maximum atomic E-state index is 12.6. The first-order valence-corrected chi connectivity index (χ1v) is 4.51. The highest BCUT2D eigenvalue weighted by molar-refractivity contribution is 14.1. The van der Waals surface area contributed by atoms with Crippen molar-refractivity contribution in [2.24, 2.45) is 0 Å². The molecule has 0 spiro atoms. The lowest BCUT2D eigenvalue weighted by Gasteiger charge is -2.32. The summed E-state index contributed by atoms with van der Waals surface area (Å²) in [5.74, 6) is -6.19. The second-order valence-corrected chi connectivity index (χ2v) is 4.59. The molecule has 0 aromatic heterocycles. The molecule has 0 aliphatic carbocycles. The summed E-state index contributed by atoms with van der Waals surface area (Å²) in [5, 5.41) is 0. The molecule has 10 heteroatoms. The lowest BCUT2D eigenvalue weighted by molar-refractivity contribution is -0.323. The van der Waals surface area contributed by atoms with E-state index in [1.807, 2.05) is 0 Å². The minimum atomic E-state index is -6.40. The number of halogens is 10. The normalized spacial score (nSPS) is 19.3. The average Bonchev–Trinajstić information content (AvgIpc) is 1.81. The molecule has 0 saturated heterocycles. The predicted octanol–water partition coefficient (Wildman–Crippen LogP) is 4.27. The molecule has 0 nitrogen and oxygen atoms in total. The molecule has 0 heterocycles. The molecule has 14 heavy (non-hydrogen) atoms. The zero-order chi connectivity index (χ0) is 12.0. The molecule has 0 fully saturated rings. The molecule has 1 unspecified atom stereocenters. The lowest BCUT2D eigenvalue weighted by Crippen LogP contribution is -2.57. The fraction of sp³-hybridized carbons (Fsp3) is 1.00. The summed E-state index contributed by atoms with van der Waals surface area (Å²) >= 11 is 0.915. The Morgan fingerprint density at radius 1 is 0.786 bits per heavy atom. The molecular weight excluding hydrogens is 407 g/mol. The van der Waals surface area contributed by atoms with Crippen molar-refractivity contribution in [2.75, 3.05) is 0 Å². The molecule has 0 radical (unpaired) electrons. The number of rotatable bonds is 2. The number of hydrogen-bond donors (Lipinski definition) is 0. The van der Waals surface area contributed by atoms with Crippen molar-refractivity contribution in [1.82, 2.24) is 0 Å². The zero-order valence-corrected chi connectivity index (χ0v) is 9.52. The summed E-state index contributed by atoms with van der Waals surface area (Å²) in [5.41, 5.74) is 0. The van der Waals surface area contributed by atoms with Gasteiger partial charge in [-0.05, 0) is 15.9 Å². The Morgan fingerprint density at radius 3 is 1.14 bits per heavy atom. The van der Waals surface area contributed by atoms with Gasteiger partial charge in [0, 0.05) is 22.6 Å². The highest BCUT2D eigenvalue weighted by Crippen LogP contribution is 2.57. The Kier molecular flexibility index (Phi) is 3.76. The van der Waals surface area contributed by atoms with Gasteiger partial charge in [-0.2, -0.15) is 30.7 Å². The zero-order valence-electron chi connectivity index (χ0n) is 5.78. The molecule has 1 atom stereocenters. The summed E-state index contributed by atoms with van der Waals surface area (Å²) in [7, 11) is 0. The van der Waals surface area contributed by atoms with Crippen LogP contribution in [0.5, 0.6) is 0 Å². The van der Waals surface area contributed by atoms with Crippen LogP contribution in [0.25, 0.3) is 0 Å². The Hall–Kier alpha value is 0.650. The fourth-order valence-corrected chi connectivity index (χ4v) is 0.920. The maximum Gasteiger partial charge on any atom is 0.458 e. The van der Waals surface area contributed by atoms with Crippen LogP contribution in [-0.2, 0) is 0 Å². The fourth-order valence-electron chi connectivity index (χ4n) is 0.356. The SMILES string of the molecule is FC(F)(F)C(F)(F)C(F)(Br)C(F)(F)I. The quantitative estimate of drug-likeness (QED) is 0.365. The van der Waals surface area contributed by atoms with Crippen molar-refractivity contribution in [2.45, 2.75) is 20.6 Å². The highest BCUT2D eigenvalue weighted by atomic mass is 127. The molecule has 0 N–H and O–H groups in total. The summed E-state index contributed by atoms with van der Waals surface area (Å²) in [6, 6.07) is 0. The Balaban J connectivity index is 5.30. The predicted molar refractivity (Wildman–Crippen MR) is 42.7 cm³/mol. The largest absolute Gasteiger partial charge is 0.458 e. The summed E-state index contributed by atoms with van der Waals surface area (Å²) in [4.78, 5) is 0. The van der Waals surface area contributed by atoms with Gasteiger partial charge < -0.3 is 0 Å². The minimum Gasteiger partial charge on any atom is -0.216 e. The molecule has 0 aliphatic rings. The maximum absolute atomic E-state index is 12.6. The summed E-state index contributed by atoms with van der Waals surface area (Å²) < 4.78 is 85.5. The van der Waals surface area contributed by atoms with Crippen molar-refractivity contribution >= 4 is 38.5 Å². The van der Waals surface area contributed by atoms with Crippen molar-refractivity contribution in [3.63, 3.8) is 0 Å². The van der Waals surface area contributed by atoms with Crippen LogP contribution in [0.3, 0.4) is 0 Å². The first-order valence-electron chi connectivity index (χ1n) is 2.64. The van der Waals surface area contributed by atoms with Gasteiger partial charge in [0.05, 0.1) is 0 Å².